The van der Waals surface area contributed by atoms with E-state index in [0.29, 0.717) is 13.2 Å². The van der Waals surface area contributed by atoms with Gasteiger partial charge in [-0.25, -0.2) is 0 Å². The van der Waals surface area contributed by atoms with Crippen LogP contribution in [0, 0.1) is 0 Å². The highest BCUT2D eigenvalue weighted by Crippen LogP contribution is 2.31. The molecule has 1 aromatic rings. The minimum atomic E-state index is -0.0941. The Balaban J connectivity index is 1.75. The van der Waals surface area contributed by atoms with Gasteiger partial charge in [-0.1, -0.05) is 168 Å². The van der Waals surface area contributed by atoms with Crippen molar-refractivity contribution in [3.05, 3.63) is 24.3 Å². The molecule has 0 amide bonds. The van der Waals surface area contributed by atoms with Crippen LogP contribution in [0.15, 0.2) is 24.3 Å². The zero-order valence-corrected chi connectivity index (χ0v) is 30.4. The molecular formula is C40H74N2O3. The van der Waals surface area contributed by atoms with Gasteiger partial charge >= 0.3 is 0 Å². The van der Waals surface area contributed by atoms with Crippen molar-refractivity contribution < 1.29 is 14.2 Å². The smallest absolute Gasteiger partial charge is 0.176 e. The van der Waals surface area contributed by atoms with Gasteiger partial charge in [0.25, 0.3) is 0 Å². The molecular weight excluding hydrogens is 556 g/mol. The van der Waals surface area contributed by atoms with Gasteiger partial charge in [0, 0.05) is 13.1 Å². The molecule has 0 bridgehead atoms. The average Bonchev–Trinajstić information content (AvgIpc) is 3.15. The van der Waals surface area contributed by atoms with E-state index >= 15 is 0 Å². The second kappa shape index (κ2) is 27.8. The topological polar surface area (TPSA) is 34.2 Å². The summed E-state index contributed by atoms with van der Waals surface area (Å²) in [5.74, 6) is 1.67. The second-order valence-corrected chi connectivity index (χ2v) is 13.5. The van der Waals surface area contributed by atoms with E-state index in [1.54, 1.807) is 0 Å². The van der Waals surface area contributed by atoms with E-state index in [-0.39, 0.29) is 12.5 Å². The lowest BCUT2D eigenvalue weighted by Gasteiger charge is -2.31. The van der Waals surface area contributed by atoms with Crippen LogP contribution in [0.5, 0.6) is 11.5 Å². The minimum Gasteiger partial charge on any atom is -0.469 e. The molecule has 5 nitrogen and oxygen atoms in total. The molecule has 262 valence electrons. The van der Waals surface area contributed by atoms with Crippen LogP contribution in [-0.4, -0.2) is 61.6 Å². The minimum absolute atomic E-state index is 0.0941. The van der Waals surface area contributed by atoms with Gasteiger partial charge in [0.2, 0.25) is 0 Å². The van der Waals surface area contributed by atoms with Crippen molar-refractivity contribution in [1.29, 1.82) is 0 Å². The fourth-order valence-electron chi connectivity index (χ4n) is 6.61. The monoisotopic (exact) mass is 631 g/mol. The first-order valence-electron chi connectivity index (χ1n) is 19.7. The maximum Gasteiger partial charge on any atom is 0.176 e. The van der Waals surface area contributed by atoms with Gasteiger partial charge in [-0.05, 0) is 38.1 Å². The van der Waals surface area contributed by atoms with E-state index < -0.39 is 0 Å². The van der Waals surface area contributed by atoms with Gasteiger partial charge < -0.3 is 14.2 Å². The number of hydrogen-bond donors (Lipinski definition) is 0. The van der Waals surface area contributed by atoms with E-state index in [9.17, 15) is 0 Å². The van der Waals surface area contributed by atoms with Crippen LogP contribution in [0.1, 0.15) is 169 Å². The lowest BCUT2D eigenvalue weighted by molar-refractivity contribution is -0.0723. The molecule has 2 unspecified atom stereocenters. The standard InChI is InChI=1S/C40H74N2O3/c1-5-9-11-13-15-17-19-21-23-25-29-33-41(7-3)39-35-43-36-40(45-38-32-28-27-31-37(38)44-39)42(8-4)34-30-26-24-22-20-18-16-14-12-10-6-2/h27-28,31-32,39-40H,5-26,29-30,33-36H2,1-4H3. The van der Waals surface area contributed by atoms with Crippen LogP contribution in [0.3, 0.4) is 0 Å². The summed E-state index contributed by atoms with van der Waals surface area (Å²) in [4.78, 5) is 4.90. The highest BCUT2D eigenvalue weighted by Gasteiger charge is 2.27. The van der Waals surface area contributed by atoms with E-state index in [1.165, 1.54) is 141 Å². The fraction of sp³-hybridized carbons (Fsp3) is 0.850. The van der Waals surface area contributed by atoms with Crippen LogP contribution in [0.4, 0.5) is 0 Å². The Labute approximate surface area is 280 Å². The summed E-state index contributed by atoms with van der Waals surface area (Å²) in [5.41, 5.74) is 0. The Morgan fingerprint density at radius 3 is 1.09 bits per heavy atom. The van der Waals surface area contributed by atoms with E-state index in [4.69, 9.17) is 14.2 Å². The molecule has 0 aliphatic carbocycles. The van der Waals surface area contributed by atoms with Gasteiger partial charge in [0.1, 0.15) is 0 Å². The van der Waals surface area contributed by atoms with Gasteiger partial charge in [-0.2, -0.15) is 0 Å². The van der Waals surface area contributed by atoms with E-state index in [1.807, 2.05) is 0 Å². The summed E-state index contributed by atoms with van der Waals surface area (Å²) in [6.07, 6.45) is 29.9. The number of likely N-dealkylation sites (N-methyl/N-ethyl adjacent to an activating group) is 2. The average molecular weight is 631 g/mol. The van der Waals surface area contributed by atoms with Crippen molar-refractivity contribution in [1.82, 2.24) is 9.80 Å². The Bertz CT molecular complexity index is 728. The maximum absolute atomic E-state index is 6.61. The molecule has 1 aromatic carbocycles. The highest BCUT2D eigenvalue weighted by atomic mass is 16.6. The molecule has 0 saturated carbocycles. The first-order valence-corrected chi connectivity index (χ1v) is 19.7. The zero-order valence-electron chi connectivity index (χ0n) is 30.4. The molecule has 0 fully saturated rings. The Morgan fingerprint density at radius 1 is 0.467 bits per heavy atom. The summed E-state index contributed by atoms with van der Waals surface area (Å²) >= 11 is 0. The molecule has 0 N–H and O–H groups in total. The molecule has 2 rings (SSSR count). The number of fused-ring (bicyclic) bond motifs is 1. The number of unbranched alkanes of at least 4 members (excludes halogenated alkanes) is 20. The fourth-order valence-corrected chi connectivity index (χ4v) is 6.61. The lowest BCUT2D eigenvalue weighted by atomic mass is 10.1. The van der Waals surface area contributed by atoms with Gasteiger partial charge in [0.05, 0.1) is 13.2 Å². The molecule has 1 heterocycles. The van der Waals surface area contributed by atoms with Crippen LogP contribution in [0.25, 0.3) is 0 Å². The van der Waals surface area contributed by atoms with E-state index in [2.05, 4.69) is 61.8 Å². The molecule has 1 aliphatic rings. The number of rotatable bonds is 28. The Hall–Kier alpha value is -1.30. The van der Waals surface area contributed by atoms with Crippen molar-refractivity contribution in [3.8, 4) is 11.5 Å². The van der Waals surface area contributed by atoms with Crippen molar-refractivity contribution in [2.24, 2.45) is 0 Å². The normalized spacial score (nSPS) is 17.0. The third-order valence-electron chi connectivity index (χ3n) is 9.62. The molecule has 2 atom stereocenters. The molecule has 0 spiro atoms. The largest absolute Gasteiger partial charge is 0.469 e. The van der Waals surface area contributed by atoms with Crippen LogP contribution in [-0.2, 0) is 4.74 Å². The molecule has 0 radical (unpaired) electrons. The van der Waals surface area contributed by atoms with Gasteiger partial charge in [-0.15, -0.1) is 0 Å². The quantitative estimate of drug-likeness (QED) is 0.0861. The van der Waals surface area contributed by atoms with Crippen molar-refractivity contribution >= 4 is 0 Å². The van der Waals surface area contributed by atoms with Crippen molar-refractivity contribution in [2.75, 3.05) is 39.4 Å². The summed E-state index contributed by atoms with van der Waals surface area (Å²) in [7, 11) is 0. The maximum atomic E-state index is 6.61. The number of hydrogen-bond acceptors (Lipinski definition) is 5. The highest BCUT2D eigenvalue weighted by molar-refractivity contribution is 5.39. The molecule has 0 saturated heterocycles. The van der Waals surface area contributed by atoms with Crippen LogP contribution in [0.2, 0.25) is 0 Å². The molecule has 45 heavy (non-hydrogen) atoms. The Morgan fingerprint density at radius 2 is 0.778 bits per heavy atom. The molecule has 1 aliphatic heterocycles. The second-order valence-electron chi connectivity index (χ2n) is 13.5. The number of ether oxygens (including phenoxy) is 3. The summed E-state index contributed by atoms with van der Waals surface area (Å²) < 4.78 is 19.6. The predicted molar refractivity (Wildman–Crippen MR) is 194 cm³/mol. The third kappa shape index (κ3) is 18.6. The van der Waals surface area contributed by atoms with Gasteiger partial charge in [-0.3, -0.25) is 9.80 Å². The third-order valence-corrected chi connectivity index (χ3v) is 9.62. The molecule has 0 aromatic heterocycles. The zero-order chi connectivity index (χ0) is 32.2. The summed E-state index contributed by atoms with van der Waals surface area (Å²) in [6, 6.07) is 8.22. The van der Waals surface area contributed by atoms with Crippen LogP contribution < -0.4 is 9.47 Å². The van der Waals surface area contributed by atoms with Gasteiger partial charge in [0.15, 0.2) is 24.0 Å². The summed E-state index contributed by atoms with van der Waals surface area (Å²) in [6.45, 7) is 14.2. The first kappa shape index (κ1) is 39.9. The number of para-hydroxylation sites is 2. The van der Waals surface area contributed by atoms with E-state index in [0.717, 1.165) is 37.7 Å². The SMILES string of the molecule is CCCCCCCCCCCCCN(CC)C1COCC(N(CC)CCCCCCCCCCCCC)Oc2ccccc2O1. The molecule has 5 heteroatoms. The van der Waals surface area contributed by atoms with Crippen molar-refractivity contribution in [2.45, 2.75) is 181 Å². The number of benzene rings is 1. The lowest BCUT2D eigenvalue weighted by Crippen LogP contribution is -2.45. The number of nitrogens with zero attached hydrogens (tertiary/aromatic N) is 2. The van der Waals surface area contributed by atoms with Crippen molar-refractivity contribution in [3.63, 3.8) is 0 Å². The Kier molecular flexibility index (Phi) is 24.6. The van der Waals surface area contributed by atoms with Crippen LogP contribution >= 0.6 is 0 Å². The first-order chi connectivity index (χ1) is 22.2. The predicted octanol–water partition coefficient (Wildman–Crippen LogP) is 11.4. The summed E-state index contributed by atoms with van der Waals surface area (Å²) in [5, 5.41) is 0.